The average Bonchev–Trinajstić information content (AvgIpc) is 3.65. The first-order valence-corrected chi connectivity index (χ1v) is 11.4. The lowest BCUT2D eigenvalue weighted by Gasteiger charge is -2.13. The molecule has 1 atom stereocenters. The van der Waals surface area contributed by atoms with Crippen LogP contribution in [-0.2, 0) is 9.59 Å². The highest BCUT2D eigenvalue weighted by Gasteiger charge is 2.23. The number of unbranched alkanes of at least 4 members (excludes halogenated alkanes) is 1. The Kier molecular flexibility index (Phi) is 11.2. The number of hydrogen-bond acceptors (Lipinski definition) is 5. The van der Waals surface area contributed by atoms with Crippen molar-refractivity contribution < 1.29 is 23.8 Å². The second-order valence-corrected chi connectivity index (χ2v) is 8.20. The first kappa shape index (κ1) is 27.0. The predicted molar refractivity (Wildman–Crippen MR) is 129 cm³/mol. The van der Waals surface area contributed by atoms with E-state index in [1.54, 1.807) is 6.92 Å². The molecular formula is C24H34FN5O4. The zero-order valence-electron chi connectivity index (χ0n) is 19.7. The van der Waals surface area contributed by atoms with E-state index in [0.29, 0.717) is 62.0 Å². The van der Waals surface area contributed by atoms with Crippen LogP contribution in [0.1, 0.15) is 50.7 Å². The van der Waals surface area contributed by atoms with Gasteiger partial charge >= 0.3 is 0 Å². The Morgan fingerprint density at radius 3 is 2.82 bits per heavy atom. The fraction of sp³-hybridized carbons (Fsp3) is 0.500. The van der Waals surface area contributed by atoms with Crippen LogP contribution < -0.4 is 15.8 Å². The van der Waals surface area contributed by atoms with Gasteiger partial charge in [0.1, 0.15) is 5.84 Å². The van der Waals surface area contributed by atoms with Crippen LogP contribution in [0.25, 0.3) is 0 Å². The van der Waals surface area contributed by atoms with Gasteiger partial charge in [0.2, 0.25) is 12.3 Å². The number of halogens is 1. The molecule has 34 heavy (non-hydrogen) atoms. The lowest BCUT2D eigenvalue weighted by Crippen LogP contribution is -2.20. The minimum atomic E-state index is -0.951. The number of rotatable bonds is 14. The molecule has 0 unspecified atom stereocenters. The van der Waals surface area contributed by atoms with E-state index >= 15 is 0 Å². The molecule has 1 aromatic rings. The molecule has 2 amide bonds. The number of amides is 2. The third-order valence-electron chi connectivity index (χ3n) is 5.13. The standard InChI is InChI=1S/C24H34FN5O4/c1-17(26)29-23(5-3-4-11-30(16-31)12-10-24(33)27-2)28-14-21(32)19-8-9-20(25)22(13-19)34-15-18-6-7-18/h8-10,12-13,16,18,21,32H,3-7,11,14-15H2,1-2H3,(H,27,33)(H2,26,28,29)/b12-10-/t21-/m1/s1. The van der Waals surface area contributed by atoms with Gasteiger partial charge in [0, 0.05) is 32.3 Å². The number of amidine groups is 2. The molecule has 0 saturated heterocycles. The van der Waals surface area contributed by atoms with Crippen molar-refractivity contribution in [2.24, 2.45) is 21.6 Å². The molecular weight excluding hydrogens is 441 g/mol. The van der Waals surface area contributed by atoms with Gasteiger partial charge in [-0.25, -0.2) is 9.38 Å². The Hall–Kier alpha value is -3.27. The fourth-order valence-corrected chi connectivity index (χ4v) is 2.99. The van der Waals surface area contributed by atoms with Gasteiger partial charge in [0.05, 0.1) is 25.1 Å². The Balaban J connectivity index is 1.91. The van der Waals surface area contributed by atoms with Crippen LogP contribution in [0.15, 0.2) is 40.5 Å². The van der Waals surface area contributed by atoms with E-state index in [4.69, 9.17) is 10.5 Å². The summed E-state index contributed by atoms with van der Waals surface area (Å²) < 4.78 is 19.6. The molecule has 186 valence electrons. The van der Waals surface area contributed by atoms with Gasteiger partial charge in [0.15, 0.2) is 11.6 Å². The Labute approximate surface area is 199 Å². The molecule has 9 nitrogen and oxygen atoms in total. The molecule has 1 aliphatic rings. The summed E-state index contributed by atoms with van der Waals surface area (Å²) in [6, 6.07) is 4.30. The molecule has 1 aliphatic carbocycles. The number of benzene rings is 1. The van der Waals surface area contributed by atoms with Crippen LogP contribution in [0.5, 0.6) is 5.75 Å². The van der Waals surface area contributed by atoms with Crippen molar-refractivity contribution >= 4 is 24.0 Å². The number of nitrogens with two attached hydrogens (primary N) is 1. The van der Waals surface area contributed by atoms with Crippen LogP contribution in [0.3, 0.4) is 0 Å². The van der Waals surface area contributed by atoms with Gasteiger partial charge in [-0.05, 0) is 56.2 Å². The summed E-state index contributed by atoms with van der Waals surface area (Å²) in [6.45, 7) is 2.59. The van der Waals surface area contributed by atoms with Crippen LogP contribution in [-0.4, -0.2) is 60.7 Å². The van der Waals surface area contributed by atoms with Crippen LogP contribution >= 0.6 is 0 Å². The third-order valence-corrected chi connectivity index (χ3v) is 5.13. The van der Waals surface area contributed by atoms with Crippen LogP contribution in [0.4, 0.5) is 4.39 Å². The highest BCUT2D eigenvalue weighted by Crippen LogP contribution is 2.31. The fourth-order valence-electron chi connectivity index (χ4n) is 2.99. The monoisotopic (exact) mass is 475 g/mol. The molecule has 2 rings (SSSR count). The van der Waals surface area contributed by atoms with Gasteiger partial charge < -0.3 is 25.8 Å². The van der Waals surface area contributed by atoms with Crippen molar-refractivity contribution in [2.75, 3.05) is 26.7 Å². The van der Waals surface area contributed by atoms with Crippen molar-refractivity contribution in [1.29, 1.82) is 0 Å². The molecule has 0 heterocycles. The summed E-state index contributed by atoms with van der Waals surface area (Å²) in [5, 5.41) is 13.0. The predicted octanol–water partition coefficient (Wildman–Crippen LogP) is 2.31. The molecule has 0 radical (unpaired) electrons. The number of aliphatic hydroxyl groups excluding tert-OH is 1. The van der Waals surface area contributed by atoms with E-state index in [1.807, 2.05) is 0 Å². The maximum atomic E-state index is 14.0. The molecule has 0 aromatic heterocycles. The number of likely N-dealkylation sites (N-methyl/N-ethyl adjacent to an activating group) is 1. The van der Waals surface area contributed by atoms with Gasteiger partial charge in [-0.3, -0.25) is 14.6 Å². The third kappa shape index (κ3) is 10.1. The molecule has 4 N–H and O–H groups in total. The summed E-state index contributed by atoms with van der Waals surface area (Å²) in [5.41, 5.74) is 6.22. The van der Waals surface area contributed by atoms with Gasteiger partial charge in [0.25, 0.3) is 0 Å². The first-order valence-electron chi connectivity index (χ1n) is 11.4. The number of aliphatic imine (C=N–C) groups is 2. The quantitative estimate of drug-likeness (QED) is 0.125. The summed E-state index contributed by atoms with van der Waals surface area (Å²) in [6.07, 6.45) is 6.41. The number of hydrogen-bond donors (Lipinski definition) is 3. The minimum Gasteiger partial charge on any atom is -0.490 e. The molecule has 10 heteroatoms. The highest BCUT2D eigenvalue weighted by atomic mass is 19.1. The average molecular weight is 476 g/mol. The van der Waals surface area contributed by atoms with Gasteiger partial charge in [-0.15, -0.1) is 0 Å². The van der Waals surface area contributed by atoms with Crippen molar-refractivity contribution in [1.82, 2.24) is 10.2 Å². The Morgan fingerprint density at radius 2 is 2.18 bits per heavy atom. The van der Waals surface area contributed by atoms with Crippen molar-refractivity contribution in [2.45, 2.75) is 45.1 Å². The molecule has 0 aliphatic heterocycles. The SMILES string of the molecule is CNC(=O)/C=C\N(C=O)CCCCC(N=C(C)N)=NC[C@@H](O)c1ccc(F)c(OCC2CC2)c1. The Bertz CT molecular complexity index is 911. The summed E-state index contributed by atoms with van der Waals surface area (Å²) in [7, 11) is 1.51. The van der Waals surface area contributed by atoms with Crippen LogP contribution in [0, 0.1) is 11.7 Å². The smallest absolute Gasteiger partial charge is 0.245 e. The zero-order chi connectivity index (χ0) is 24.9. The van der Waals surface area contributed by atoms with E-state index in [1.165, 1.54) is 42.4 Å². The number of nitrogens with one attached hydrogen (secondary N) is 1. The van der Waals surface area contributed by atoms with Crippen molar-refractivity contribution in [3.63, 3.8) is 0 Å². The Morgan fingerprint density at radius 1 is 1.41 bits per heavy atom. The first-order chi connectivity index (χ1) is 16.3. The number of carbonyl (C=O) groups excluding carboxylic acids is 2. The largest absolute Gasteiger partial charge is 0.490 e. The van der Waals surface area contributed by atoms with E-state index in [0.717, 1.165) is 12.8 Å². The molecule has 1 saturated carbocycles. The maximum Gasteiger partial charge on any atom is 0.245 e. The van der Waals surface area contributed by atoms with Crippen molar-refractivity contribution in [3.05, 3.63) is 41.9 Å². The molecule has 0 bridgehead atoms. The zero-order valence-corrected chi connectivity index (χ0v) is 19.7. The lowest BCUT2D eigenvalue weighted by molar-refractivity contribution is -0.116. The van der Waals surface area contributed by atoms with E-state index in [2.05, 4.69) is 15.3 Å². The topological polar surface area (TPSA) is 130 Å². The van der Waals surface area contributed by atoms with Crippen molar-refractivity contribution in [3.8, 4) is 5.75 Å². The van der Waals surface area contributed by atoms with E-state index < -0.39 is 11.9 Å². The normalized spacial score (nSPS) is 15.3. The molecule has 1 fully saturated rings. The van der Waals surface area contributed by atoms with Crippen LogP contribution in [0.2, 0.25) is 0 Å². The number of ether oxygens (including phenoxy) is 1. The number of aliphatic hydroxyl groups is 1. The number of nitrogens with zero attached hydrogens (tertiary/aromatic N) is 3. The number of carbonyl (C=O) groups is 2. The summed E-state index contributed by atoms with van der Waals surface area (Å²) in [4.78, 5) is 32.4. The van der Waals surface area contributed by atoms with Gasteiger partial charge in [-0.2, -0.15) is 0 Å². The van der Waals surface area contributed by atoms with Gasteiger partial charge in [-0.1, -0.05) is 6.07 Å². The lowest BCUT2D eigenvalue weighted by atomic mass is 10.1. The molecule has 0 spiro atoms. The second-order valence-electron chi connectivity index (χ2n) is 8.20. The summed E-state index contributed by atoms with van der Waals surface area (Å²) in [5.74, 6) is 0.685. The highest BCUT2D eigenvalue weighted by molar-refractivity contribution is 5.95. The molecule has 1 aromatic carbocycles. The summed E-state index contributed by atoms with van der Waals surface area (Å²) >= 11 is 0. The van der Waals surface area contributed by atoms with E-state index in [9.17, 15) is 19.1 Å². The second kappa shape index (κ2) is 14.1. The van der Waals surface area contributed by atoms with E-state index in [-0.39, 0.29) is 18.2 Å². The minimum absolute atomic E-state index is 0.0368. The maximum absolute atomic E-state index is 14.0.